The summed E-state index contributed by atoms with van der Waals surface area (Å²) in [5, 5.41) is 28.4. The molecule has 1 saturated carbocycles. The van der Waals surface area contributed by atoms with Crippen LogP contribution in [0.1, 0.15) is 12.0 Å². The van der Waals surface area contributed by atoms with Gasteiger partial charge in [0.2, 0.25) is 5.95 Å². The number of benzene rings is 1. The predicted molar refractivity (Wildman–Crippen MR) is 112 cm³/mol. The van der Waals surface area contributed by atoms with Crippen molar-refractivity contribution >= 4 is 22.1 Å². The Morgan fingerprint density at radius 3 is 2.60 bits per heavy atom. The van der Waals surface area contributed by atoms with Crippen LogP contribution in [0.15, 0.2) is 42.6 Å². The van der Waals surface area contributed by atoms with Crippen molar-refractivity contribution in [1.82, 2.24) is 9.97 Å². The maximum Gasteiger partial charge on any atom is 0.333 e. The van der Waals surface area contributed by atoms with Crippen LogP contribution in [0.4, 0.5) is 11.8 Å². The lowest BCUT2D eigenvalue weighted by Gasteiger charge is -2.19. The number of aromatic nitrogens is 2. The van der Waals surface area contributed by atoms with Gasteiger partial charge in [-0.15, -0.1) is 0 Å². The monoisotopic (exact) mass is 437 g/mol. The first kappa shape index (κ1) is 22.4. The lowest BCUT2D eigenvalue weighted by molar-refractivity contribution is -0.00162. The van der Waals surface area contributed by atoms with Gasteiger partial charge in [0.15, 0.2) is 0 Å². The molecule has 0 saturated heterocycles. The third-order valence-electron chi connectivity index (χ3n) is 5.16. The average molecular weight is 438 g/mol. The summed E-state index contributed by atoms with van der Waals surface area (Å²) in [4.78, 5) is 10.7. The number of anilines is 2. The van der Waals surface area contributed by atoms with E-state index in [9.17, 15) is 18.6 Å². The van der Waals surface area contributed by atoms with Crippen LogP contribution in [-0.4, -0.2) is 61.0 Å². The van der Waals surface area contributed by atoms with E-state index >= 15 is 0 Å². The summed E-state index contributed by atoms with van der Waals surface area (Å²) in [6.45, 7) is 0.738. The van der Waals surface area contributed by atoms with E-state index in [1.807, 2.05) is 42.3 Å². The lowest BCUT2D eigenvalue weighted by atomic mass is 10.0. The average Bonchev–Trinajstić information content (AvgIpc) is 2.99. The van der Waals surface area contributed by atoms with Gasteiger partial charge in [0, 0.05) is 38.2 Å². The first-order valence-electron chi connectivity index (χ1n) is 9.58. The molecule has 30 heavy (non-hydrogen) atoms. The minimum atomic E-state index is -4.09. The normalized spacial score (nSPS) is 24.0. The number of nitrogens with one attached hydrogen (secondary N) is 1. The Morgan fingerprint density at radius 2 is 1.90 bits per heavy atom. The Balaban J connectivity index is 1.56. The number of hydrogen-bond acceptors (Lipinski definition) is 9. The number of rotatable bonds is 9. The SMILES string of the molecule is CN(Cc1ccccc1)c1nccc(NC[C@@H]2C[C@H](COS(N)(=O)=O)[C@@H](O)[C@H]2O)n1. The standard InChI is InChI=1S/C19H27N5O5S/c1-24(11-13-5-3-2-4-6-13)19-21-8-7-16(23-19)22-10-14-9-15(18(26)17(14)25)12-29-30(20,27)28/h2-8,14-15,17-18,25-26H,9-12H2,1H3,(H2,20,27,28)(H,21,22,23)/t14-,15+,17-,18+/m0/s1. The molecule has 1 fully saturated rings. The Hall–Kier alpha value is -2.31. The molecule has 1 heterocycles. The van der Waals surface area contributed by atoms with Crippen LogP contribution in [-0.2, 0) is 21.0 Å². The predicted octanol–water partition coefficient (Wildman–Crippen LogP) is 0.103. The van der Waals surface area contributed by atoms with Crippen LogP contribution < -0.4 is 15.4 Å². The summed E-state index contributed by atoms with van der Waals surface area (Å²) >= 11 is 0. The van der Waals surface area contributed by atoms with E-state index in [1.165, 1.54) is 0 Å². The molecule has 1 aromatic heterocycles. The zero-order valence-electron chi connectivity index (χ0n) is 16.6. The highest BCUT2D eigenvalue weighted by Gasteiger charge is 2.41. The van der Waals surface area contributed by atoms with Crippen LogP contribution in [0.2, 0.25) is 0 Å². The summed E-state index contributed by atoms with van der Waals surface area (Å²) in [7, 11) is -2.19. The van der Waals surface area contributed by atoms with Crippen molar-refractivity contribution in [2.45, 2.75) is 25.2 Å². The molecule has 0 radical (unpaired) electrons. The molecule has 2 aromatic rings. The van der Waals surface area contributed by atoms with Gasteiger partial charge in [0.1, 0.15) is 5.82 Å². The molecule has 0 spiro atoms. The Kier molecular flexibility index (Phi) is 7.21. The first-order valence-corrected chi connectivity index (χ1v) is 11.1. The van der Waals surface area contributed by atoms with Crippen molar-refractivity contribution in [1.29, 1.82) is 0 Å². The molecule has 10 nitrogen and oxygen atoms in total. The molecule has 4 atom stereocenters. The van der Waals surface area contributed by atoms with Crippen molar-refractivity contribution in [3.8, 4) is 0 Å². The third kappa shape index (κ3) is 6.09. The molecule has 3 rings (SSSR count). The topological polar surface area (TPSA) is 151 Å². The van der Waals surface area contributed by atoms with Crippen molar-refractivity contribution in [3.05, 3.63) is 48.2 Å². The summed E-state index contributed by atoms with van der Waals surface area (Å²) in [6, 6.07) is 11.7. The highest BCUT2D eigenvalue weighted by molar-refractivity contribution is 7.84. The fraction of sp³-hybridized carbons (Fsp3) is 0.474. The van der Waals surface area contributed by atoms with Gasteiger partial charge >= 0.3 is 10.3 Å². The van der Waals surface area contributed by atoms with E-state index in [2.05, 4.69) is 19.5 Å². The van der Waals surface area contributed by atoms with Crippen LogP contribution >= 0.6 is 0 Å². The van der Waals surface area contributed by atoms with E-state index in [1.54, 1.807) is 12.3 Å². The molecule has 1 aliphatic rings. The van der Waals surface area contributed by atoms with E-state index in [0.717, 1.165) is 5.56 Å². The van der Waals surface area contributed by atoms with E-state index in [0.29, 0.717) is 31.3 Å². The molecule has 164 valence electrons. The second-order valence-electron chi connectivity index (χ2n) is 7.48. The van der Waals surface area contributed by atoms with Crippen molar-refractivity contribution in [3.63, 3.8) is 0 Å². The number of hydrogen-bond donors (Lipinski definition) is 4. The second kappa shape index (κ2) is 9.67. The van der Waals surface area contributed by atoms with E-state index < -0.39 is 28.4 Å². The number of aliphatic hydroxyl groups is 2. The van der Waals surface area contributed by atoms with Gasteiger partial charge in [0.05, 0.1) is 18.8 Å². The third-order valence-corrected chi connectivity index (χ3v) is 5.62. The fourth-order valence-electron chi connectivity index (χ4n) is 3.57. The molecule has 1 aliphatic carbocycles. The molecular formula is C19H27N5O5S. The molecule has 1 aromatic carbocycles. The smallest absolute Gasteiger partial charge is 0.333 e. The summed E-state index contributed by atoms with van der Waals surface area (Å²) in [6.07, 6.45) is -0.0592. The Morgan fingerprint density at radius 1 is 1.20 bits per heavy atom. The highest BCUT2D eigenvalue weighted by atomic mass is 32.2. The van der Waals surface area contributed by atoms with Gasteiger partial charge in [0.25, 0.3) is 0 Å². The van der Waals surface area contributed by atoms with Crippen molar-refractivity contribution < 1.29 is 22.8 Å². The summed E-state index contributed by atoms with van der Waals surface area (Å²) < 4.78 is 26.5. The van der Waals surface area contributed by atoms with Gasteiger partial charge in [-0.2, -0.15) is 13.4 Å². The molecule has 11 heteroatoms. The quantitative estimate of drug-likeness (QED) is 0.428. The molecule has 0 unspecified atom stereocenters. The van der Waals surface area contributed by atoms with Gasteiger partial charge in [-0.3, -0.25) is 4.18 Å². The van der Waals surface area contributed by atoms with Crippen LogP contribution in [0.25, 0.3) is 0 Å². The van der Waals surface area contributed by atoms with Crippen molar-refractivity contribution in [2.24, 2.45) is 17.0 Å². The number of aliphatic hydroxyl groups excluding tert-OH is 2. The number of nitrogens with zero attached hydrogens (tertiary/aromatic N) is 3. The minimum absolute atomic E-state index is 0.268. The van der Waals surface area contributed by atoms with Gasteiger partial charge < -0.3 is 20.4 Å². The van der Waals surface area contributed by atoms with E-state index in [4.69, 9.17) is 5.14 Å². The fourth-order valence-corrected chi connectivity index (χ4v) is 3.94. The molecule has 0 aliphatic heterocycles. The lowest BCUT2D eigenvalue weighted by Crippen LogP contribution is -2.32. The largest absolute Gasteiger partial charge is 0.390 e. The molecule has 0 amide bonds. The van der Waals surface area contributed by atoms with Crippen LogP contribution in [0.3, 0.4) is 0 Å². The maximum atomic E-state index is 11.0. The van der Waals surface area contributed by atoms with Gasteiger partial charge in [-0.1, -0.05) is 30.3 Å². The zero-order chi connectivity index (χ0) is 21.7. The molecule has 5 N–H and O–H groups in total. The summed E-state index contributed by atoms with van der Waals surface area (Å²) in [5.41, 5.74) is 1.14. The maximum absolute atomic E-state index is 11.0. The summed E-state index contributed by atoms with van der Waals surface area (Å²) in [5.74, 6) is 0.318. The molecule has 0 bridgehead atoms. The van der Waals surface area contributed by atoms with Gasteiger partial charge in [-0.05, 0) is 18.1 Å². The minimum Gasteiger partial charge on any atom is -0.390 e. The van der Waals surface area contributed by atoms with Crippen LogP contribution in [0, 0.1) is 11.8 Å². The first-order chi connectivity index (χ1) is 14.2. The number of nitrogens with two attached hydrogens (primary N) is 1. The Bertz CT molecular complexity index is 930. The van der Waals surface area contributed by atoms with Gasteiger partial charge in [-0.25, -0.2) is 10.1 Å². The van der Waals surface area contributed by atoms with E-state index in [-0.39, 0.29) is 12.5 Å². The molecular weight excluding hydrogens is 410 g/mol. The highest BCUT2D eigenvalue weighted by Crippen LogP contribution is 2.32. The second-order valence-corrected chi connectivity index (χ2v) is 8.70. The zero-order valence-corrected chi connectivity index (χ0v) is 17.4. The Labute approximate surface area is 176 Å². The van der Waals surface area contributed by atoms with Crippen molar-refractivity contribution in [2.75, 3.05) is 30.4 Å². The van der Waals surface area contributed by atoms with Crippen LogP contribution in [0.5, 0.6) is 0 Å².